The molecule has 2 amide bonds. The molecule has 2 aromatic carbocycles. The molecule has 0 aliphatic carbocycles. The molecule has 1 aliphatic heterocycles. The van der Waals surface area contributed by atoms with E-state index < -0.39 is 23.7 Å². The highest BCUT2D eigenvalue weighted by Crippen LogP contribution is 2.39. The van der Waals surface area contributed by atoms with Crippen molar-refractivity contribution in [1.29, 1.82) is 0 Å². The van der Waals surface area contributed by atoms with Crippen LogP contribution >= 0.6 is 11.3 Å². The van der Waals surface area contributed by atoms with Crippen LogP contribution < -0.4 is 11.1 Å². The largest absolute Gasteiger partial charge is 0.370 e. The van der Waals surface area contributed by atoms with Gasteiger partial charge in [0.2, 0.25) is 5.91 Å². The number of aliphatic imine (C=N–C) groups is 1. The van der Waals surface area contributed by atoms with E-state index in [-0.39, 0.29) is 17.7 Å². The Morgan fingerprint density at radius 3 is 2.58 bits per heavy atom. The van der Waals surface area contributed by atoms with Crippen LogP contribution in [0.25, 0.3) is 21.8 Å². The second-order valence-electron chi connectivity index (χ2n) is 10.7. The lowest BCUT2D eigenvalue weighted by Crippen LogP contribution is -2.17. The normalized spacial score (nSPS) is 14.0. The van der Waals surface area contributed by atoms with Crippen LogP contribution in [0.3, 0.4) is 0 Å². The maximum atomic E-state index is 14.9. The fraction of sp³-hybridized carbons (Fsp3) is 0.156. The number of nitrogens with one attached hydrogen (secondary N) is 1. The summed E-state index contributed by atoms with van der Waals surface area (Å²) >= 11 is 1.62. The van der Waals surface area contributed by atoms with Crippen molar-refractivity contribution in [1.82, 2.24) is 29.4 Å². The van der Waals surface area contributed by atoms with Crippen LogP contribution in [0.1, 0.15) is 56.0 Å². The molecule has 4 aromatic heterocycles. The average Bonchev–Trinajstić information content (AvgIpc) is 3.69. The van der Waals surface area contributed by atoms with Gasteiger partial charge in [0.05, 0.1) is 24.0 Å². The molecule has 6 aromatic rings. The van der Waals surface area contributed by atoms with Crippen LogP contribution in [0.2, 0.25) is 0 Å². The zero-order chi connectivity index (χ0) is 31.4. The topological polar surface area (TPSA) is 145 Å². The molecular weight excluding hydrogens is 593 g/mol. The minimum atomic E-state index is -0.607. The fourth-order valence-electron chi connectivity index (χ4n) is 5.51. The number of fused-ring (bicyclic) bond motifs is 4. The minimum absolute atomic E-state index is 0.0118. The zero-order valence-corrected chi connectivity index (χ0v) is 25.3. The van der Waals surface area contributed by atoms with Crippen molar-refractivity contribution >= 4 is 40.2 Å². The van der Waals surface area contributed by atoms with Gasteiger partial charge in [-0.1, -0.05) is 30.3 Å². The Kier molecular flexibility index (Phi) is 6.81. The lowest BCUT2D eigenvalue weighted by molar-refractivity contribution is -0.118. The van der Waals surface area contributed by atoms with Crippen molar-refractivity contribution in [2.45, 2.75) is 33.2 Å². The first-order chi connectivity index (χ1) is 21.7. The van der Waals surface area contributed by atoms with Gasteiger partial charge in [0.25, 0.3) is 5.91 Å². The van der Waals surface area contributed by atoms with Gasteiger partial charge in [-0.2, -0.15) is 5.10 Å². The standard InChI is InChI=1S/C32H26FN9O2S/c1-16-17(2)45-32-27(16)28(37-25(14-26(34)43)30-40-39-18(3)42(30)32)20-7-5-19(6-8-20)21-9-10-23(33)24(13-21)38-31(44)22-15-36-41-12-4-11-35-29(22)41/h4-13,15,25H,14H2,1-3H3,(H2,34,43)(H,38,44)/t25-/m0/s1. The van der Waals surface area contributed by atoms with Gasteiger partial charge in [-0.05, 0) is 55.7 Å². The van der Waals surface area contributed by atoms with Crippen LogP contribution in [0.15, 0.2) is 72.1 Å². The Bertz CT molecular complexity index is 2180. The molecule has 0 fully saturated rings. The van der Waals surface area contributed by atoms with E-state index in [0.717, 1.165) is 37.8 Å². The summed E-state index contributed by atoms with van der Waals surface area (Å²) in [6.45, 7) is 5.99. The first-order valence-corrected chi connectivity index (χ1v) is 14.9. The fourth-order valence-corrected chi connectivity index (χ4v) is 6.73. The molecule has 0 saturated carbocycles. The maximum absolute atomic E-state index is 14.9. The minimum Gasteiger partial charge on any atom is -0.370 e. The summed E-state index contributed by atoms with van der Waals surface area (Å²) in [5.41, 5.74) is 11.4. The van der Waals surface area contributed by atoms with Gasteiger partial charge in [-0.15, -0.1) is 21.5 Å². The molecule has 1 atom stereocenters. The van der Waals surface area contributed by atoms with Crippen LogP contribution in [0.5, 0.6) is 0 Å². The summed E-state index contributed by atoms with van der Waals surface area (Å²) < 4.78 is 18.3. The molecule has 0 spiro atoms. The number of nitrogens with zero attached hydrogens (tertiary/aromatic N) is 7. The molecule has 0 unspecified atom stereocenters. The highest BCUT2D eigenvalue weighted by Gasteiger charge is 2.32. The Balaban J connectivity index is 1.24. The third-order valence-electron chi connectivity index (χ3n) is 7.86. The summed E-state index contributed by atoms with van der Waals surface area (Å²) in [6, 6.07) is 13.4. The van der Waals surface area contributed by atoms with E-state index in [2.05, 4.69) is 39.4 Å². The lowest BCUT2D eigenvalue weighted by Gasteiger charge is -2.12. The quantitative estimate of drug-likeness (QED) is 0.265. The Morgan fingerprint density at radius 1 is 1.04 bits per heavy atom. The molecule has 1 aliphatic rings. The van der Waals surface area contributed by atoms with E-state index in [1.807, 2.05) is 35.8 Å². The molecule has 7 rings (SSSR count). The molecule has 5 heterocycles. The molecular formula is C32H26FN9O2S. The van der Waals surface area contributed by atoms with Crippen LogP contribution in [0, 0.1) is 26.6 Å². The Hall–Kier alpha value is -5.56. The number of thiophene rings is 1. The van der Waals surface area contributed by atoms with E-state index in [1.165, 1.54) is 16.8 Å². The number of primary amides is 1. The Labute approximate surface area is 260 Å². The zero-order valence-electron chi connectivity index (χ0n) is 24.4. The highest BCUT2D eigenvalue weighted by atomic mass is 32.1. The number of nitrogens with two attached hydrogens (primary N) is 1. The number of aromatic nitrogens is 6. The van der Waals surface area contributed by atoms with Gasteiger partial charge in [0, 0.05) is 28.4 Å². The molecule has 0 saturated heterocycles. The third-order valence-corrected chi connectivity index (χ3v) is 9.06. The monoisotopic (exact) mass is 619 g/mol. The van der Waals surface area contributed by atoms with Crippen LogP contribution in [0.4, 0.5) is 10.1 Å². The second kappa shape index (κ2) is 10.9. The molecule has 45 heavy (non-hydrogen) atoms. The van der Waals surface area contributed by atoms with Crippen molar-refractivity contribution in [3.05, 3.63) is 112 Å². The number of halogens is 1. The molecule has 224 valence electrons. The van der Waals surface area contributed by atoms with Crippen molar-refractivity contribution in [2.24, 2.45) is 10.7 Å². The van der Waals surface area contributed by atoms with Gasteiger partial charge in [0.1, 0.15) is 28.2 Å². The summed E-state index contributed by atoms with van der Waals surface area (Å²) in [4.78, 5) is 35.5. The summed E-state index contributed by atoms with van der Waals surface area (Å²) in [6.07, 6.45) is 4.63. The van der Waals surface area contributed by atoms with E-state index >= 15 is 0 Å². The predicted molar refractivity (Wildman–Crippen MR) is 168 cm³/mol. The van der Waals surface area contributed by atoms with Crippen molar-refractivity contribution in [3.63, 3.8) is 0 Å². The van der Waals surface area contributed by atoms with E-state index in [0.29, 0.717) is 22.9 Å². The number of carbonyl (C=O) groups excluding carboxylic acids is 2. The number of amides is 2. The van der Waals surface area contributed by atoms with E-state index in [4.69, 9.17) is 10.7 Å². The summed E-state index contributed by atoms with van der Waals surface area (Å²) in [7, 11) is 0. The Morgan fingerprint density at radius 2 is 1.80 bits per heavy atom. The molecule has 0 radical (unpaired) electrons. The molecule has 3 N–H and O–H groups in total. The first-order valence-electron chi connectivity index (χ1n) is 14.1. The predicted octanol–water partition coefficient (Wildman–Crippen LogP) is 5.12. The number of hydrogen-bond acceptors (Lipinski definition) is 8. The van der Waals surface area contributed by atoms with Gasteiger partial charge < -0.3 is 11.1 Å². The smallest absolute Gasteiger partial charge is 0.261 e. The molecule has 11 nitrogen and oxygen atoms in total. The van der Waals surface area contributed by atoms with Crippen LogP contribution in [-0.2, 0) is 4.79 Å². The second-order valence-corrected chi connectivity index (χ2v) is 11.9. The van der Waals surface area contributed by atoms with Crippen LogP contribution in [-0.4, -0.2) is 46.9 Å². The molecule has 0 bridgehead atoms. The van der Waals surface area contributed by atoms with Crippen molar-refractivity contribution in [3.8, 4) is 16.1 Å². The lowest BCUT2D eigenvalue weighted by atomic mass is 9.97. The number of benzene rings is 2. The van der Waals surface area contributed by atoms with Gasteiger partial charge in [-0.25, -0.2) is 13.9 Å². The van der Waals surface area contributed by atoms with Crippen molar-refractivity contribution in [2.75, 3.05) is 5.32 Å². The molecule has 13 heteroatoms. The number of carbonyl (C=O) groups is 2. The summed E-state index contributed by atoms with van der Waals surface area (Å²) in [5.74, 6) is -0.304. The average molecular weight is 620 g/mol. The first kappa shape index (κ1) is 28.2. The van der Waals surface area contributed by atoms with Gasteiger partial charge in [0.15, 0.2) is 11.5 Å². The maximum Gasteiger partial charge on any atom is 0.261 e. The van der Waals surface area contributed by atoms with Gasteiger partial charge in [-0.3, -0.25) is 19.1 Å². The highest BCUT2D eigenvalue weighted by molar-refractivity contribution is 7.15. The van der Waals surface area contributed by atoms with E-state index in [1.54, 1.807) is 41.9 Å². The number of hydrogen-bond donors (Lipinski definition) is 2. The third kappa shape index (κ3) is 4.86. The number of anilines is 1. The number of aryl methyl sites for hydroxylation is 2. The SMILES string of the molecule is Cc1sc2c(c1C)C(c1ccc(-c3ccc(F)c(NC(=O)c4cnn5cccnc45)c3)cc1)=N[C@@H](CC(N)=O)c1nnc(C)n1-2. The van der Waals surface area contributed by atoms with Crippen molar-refractivity contribution < 1.29 is 14.0 Å². The van der Waals surface area contributed by atoms with Gasteiger partial charge >= 0.3 is 0 Å². The summed E-state index contributed by atoms with van der Waals surface area (Å²) in [5, 5.41) is 16.4. The van der Waals surface area contributed by atoms with E-state index in [9.17, 15) is 14.0 Å². The number of rotatable bonds is 6.